The van der Waals surface area contributed by atoms with Gasteiger partial charge in [0.15, 0.2) is 0 Å². The largest absolute Gasteiger partial charge is 0.494 e. The van der Waals surface area contributed by atoms with Crippen LogP contribution in [-0.4, -0.2) is 28.4 Å². The van der Waals surface area contributed by atoms with Crippen LogP contribution in [0.4, 0.5) is 15.8 Å². The molecule has 1 N–H and O–H groups in total. The van der Waals surface area contributed by atoms with Gasteiger partial charge in [-0.05, 0) is 55.8 Å². The van der Waals surface area contributed by atoms with Gasteiger partial charge < -0.3 is 10.1 Å². The molecule has 8 heteroatoms. The third-order valence-corrected chi connectivity index (χ3v) is 5.42. The number of amides is 2. The second-order valence-electron chi connectivity index (χ2n) is 8.01. The van der Waals surface area contributed by atoms with Crippen molar-refractivity contribution in [1.29, 1.82) is 0 Å². The molecule has 1 unspecified atom stereocenters. The summed E-state index contributed by atoms with van der Waals surface area (Å²) in [4.78, 5) is 37.2. The average molecular weight is 485 g/mol. The molecule has 0 spiro atoms. The van der Waals surface area contributed by atoms with Crippen LogP contribution in [-0.2, 0) is 4.79 Å². The first kappa shape index (κ1) is 24.5. The van der Waals surface area contributed by atoms with Crippen LogP contribution in [0, 0.1) is 12.7 Å². The number of ether oxygens (including phenoxy) is 1. The van der Waals surface area contributed by atoms with Gasteiger partial charge in [-0.15, -0.1) is 0 Å². The minimum atomic E-state index is -1.08. The van der Waals surface area contributed by atoms with Crippen LogP contribution in [0.2, 0.25) is 0 Å². The standard InChI is InChI=1S/C28H25FN4O3/c1-3-36-24-6-4-5-23(17-24)33(28(35)25-18-30-15-16-31-25)26(20-9-7-19(2)8-10-20)27(34)32-22-13-11-21(29)12-14-22/h4-18,26H,3H2,1-2H3,(H,32,34). The highest BCUT2D eigenvalue weighted by Gasteiger charge is 2.34. The minimum absolute atomic E-state index is 0.0750. The number of nitrogens with one attached hydrogen (secondary N) is 1. The Bertz CT molecular complexity index is 1330. The van der Waals surface area contributed by atoms with Gasteiger partial charge in [-0.1, -0.05) is 35.9 Å². The fourth-order valence-electron chi connectivity index (χ4n) is 3.72. The molecule has 3 aromatic carbocycles. The summed E-state index contributed by atoms with van der Waals surface area (Å²) in [5.41, 5.74) is 2.50. The molecule has 0 saturated carbocycles. The molecule has 182 valence electrons. The molecular formula is C28H25FN4O3. The number of hydrogen-bond acceptors (Lipinski definition) is 5. The van der Waals surface area contributed by atoms with Gasteiger partial charge in [-0.25, -0.2) is 9.37 Å². The monoisotopic (exact) mass is 484 g/mol. The minimum Gasteiger partial charge on any atom is -0.494 e. The summed E-state index contributed by atoms with van der Waals surface area (Å²) < 4.78 is 19.1. The van der Waals surface area contributed by atoms with E-state index < -0.39 is 23.7 Å². The number of carbonyl (C=O) groups is 2. The summed E-state index contributed by atoms with van der Waals surface area (Å²) in [6, 6.07) is 18.6. The SMILES string of the molecule is CCOc1cccc(N(C(=O)c2cnccn2)C(C(=O)Nc2ccc(F)cc2)c2ccc(C)cc2)c1. The van der Waals surface area contributed by atoms with Gasteiger partial charge in [0, 0.05) is 29.8 Å². The van der Waals surface area contributed by atoms with Crippen molar-refractivity contribution in [2.75, 3.05) is 16.8 Å². The van der Waals surface area contributed by atoms with Gasteiger partial charge in [0.1, 0.15) is 23.3 Å². The number of hydrogen-bond donors (Lipinski definition) is 1. The maximum atomic E-state index is 13.9. The third kappa shape index (κ3) is 5.72. The lowest BCUT2D eigenvalue weighted by molar-refractivity contribution is -0.117. The van der Waals surface area contributed by atoms with E-state index in [2.05, 4.69) is 15.3 Å². The molecule has 1 atom stereocenters. The first-order valence-corrected chi connectivity index (χ1v) is 11.4. The Hall–Kier alpha value is -4.59. The summed E-state index contributed by atoms with van der Waals surface area (Å²) in [7, 11) is 0. The van der Waals surface area contributed by atoms with E-state index in [1.807, 2.05) is 26.0 Å². The third-order valence-electron chi connectivity index (χ3n) is 5.42. The molecule has 0 aliphatic carbocycles. The molecule has 1 aromatic heterocycles. The van der Waals surface area contributed by atoms with Gasteiger partial charge in [-0.3, -0.25) is 19.5 Å². The lowest BCUT2D eigenvalue weighted by Crippen LogP contribution is -2.42. The summed E-state index contributed by atoms with van der Waals surface area (Å²) in [6.45, 7) is 4.24. The fraction of sp³-hybridized carbons (Fsp3) is 0.143. The average Bonchev–Trinajstić information content (AvgIpc) is 2.90. The van der Waals surface area contributed by atoms with E-state index in [0.717, 1.165) is 5.56 Å². The van der Waals surface area contributed by atoms with Gasteiger partial charge in [0.2, 0.25) is 0 Å². The molecule has 0 saturated heterocycles. The highest BCUT2D eigenvalue weighted by atomic mass is 19.1. The van der Waals surface area contributed by atoms with Crippen LogP contribution < -0.4 is 15.0 Å². The van der Waals surface area contributed by atoms with E-state index >= 15 is 0 Å². The van der Waals surface area contributed by atoms with Crippen LogP contribution in [0.5, 0.6) is 5.75 Å². The molecule has 0 fully saturated rings. The van der Waals surface area contributed by atoms with Crippen molar-refractivity contribution in [3.8, 4) is 5.75 Å². The topological polar surface area (TPSA) is 84.4 Å². The molecule has 4 rings (SSSR count). The second kappa shape index (κ2) is 11.2. The van der Waals surface area contributed by atoms with E-state index in [4.69, 9.17) is 4.74 Å². The normalized spacial score (nSPS) is 11.4. The van der Waals surface area contributed by atoms with Crippen molar-refractivity contribution >= 4 is 23.2 Å². The smallest absolute Gasteiger partial charge is 0.279 e. The second-order valence-corrected chi connectivity index (χ2v) is 8.01. The van der Waals surface area contributed by atoms with Gasteiger partial charge >= 0.3 is 0 Å². The first-order valence-electron chi connectivity index (χ1n) is 11.4. The van der Waals surface area contributed by atoms with Gasteiger partial charge in [0.05, 0.1) is 12.8 Å². The Balaban J connectivity index is 1.85. The number of halogens is 1. The Morgan fingerprint density at radius 2 is 1.78 bits per heavy atom. The molecule has 36 heavy (non-hydrogen) atoms. The number of carbonyl (C=O) groups excluding carboxylic acids is 2. The van der Waals surface area contributed by atoms with Crippen molar-refractivity contribution in [3.05, 3.63) is 114 Å². The van der Waals surface area contributed by atoms with Crippen molar-refractivity contribution in [2.24, 2.45) is 0 Å². The summed E-state index contributed by atoms with van der Waals surface area (Å²) in [5.74, 6) is -0.870. The maximum Gasteiger partial charge on any atom is 0.279 e. The molecule has 0 bridgehead atoms. The Morgan fingerprint density at radius 3 is 2.44 bits per heavy atom. The Morgan fingerprint density at radius 1 is 1.03 bits per heavy atom. The Labute approximate surface area is 208 Å². The van der Waals surface area contributed by atoms with Crippen LogP contribution in [0.25, 0.3) is 0 Å². The van der Waals surface area contributed by atoms with Crippen LogP contribution >= 0.6 is 0 Å². The van der Waals surface area contributed by atoms with E-state index in [-0.39, 0.29) is 5.69 Å². The zero-order valence-corrected chi connectivity index (χ0v) is 19.9. The Kier molecular flexibility index (Phi) is 7.65. The molecule has 0 aliphatic rings. The molecule has 0 radical (unpaired) electrons. The number of rotatable bonds is 8. The van der Waals surface area contributed by atoms with Crippen LogP contribution in [0.3, 0.4) is 0 Å². The zero-order chi connectivity index (χ0) is 25.5. The summed E-state index contributed by atoms with van der Waals surface area (Å²) >= 11 is 0. The lowest BCUT2D eigenvalue weighted by Gasteiger charge is -2.31. The number of aromatic nitrogens is 2. The number of anilines is 2. The molecular weight excluding hydrogens is 459 g/mol. The quantitative estimate of drug-likeness (QED) is 0.365. The molecule has 4 aromatic rings. The lowest BCUT2D eigenvalue weighted by atomic mass is 10.0. The van der Waals surface area contributed by atoms with Crippen LogP contribution in [0.15, 0.2) is 91.4 Å². The van der Waals surface area contributed by atoms with Crippen molar-refractivity contribution < 1.29 is 18.7 Å². The molecule has 1 heterocycles. The molecule has 0 aliphatic heterocycles. The number of aryl methyl sites for hydroxylation is 1. The van der Waals surface area contributed by atoms with Gasteiger partial charge in [0.25, 0.3) is 11.8 Å². The van der Waals surface area contributed by atoms with E-state index in [1.165, 1.54) is 47.8 Å². The van der Waals surface area contributed by atoms with Crippen molar-refractivity contribution in [1.82, 2.24) is 9.97 Å². The number of nitrogens with zero attached hydrogens (tertiary/aromatic N) is 3. The van der Waals surface area contributed by atoms with Crippen molar-refractivity contribution in [3.63, 3.8) is 0 Å². The van der Waals surface area contributed by atoms with Crippen molar-refractivity contribution in [2.45, 2.75) is 19.9 Å². The van der Waals surface area contributed by atoms with E-state index in [9.17, 15) is 14.0 Å². The predicted molar refractivity (Wildman–Crippen MR) is 135 cm³/mol. The number of benzene rings is 3. The maximum absolute atomic E-state index is 13.9. The molecule has 2 amide bonds. The first-order chi connectivity index (χ1) is 17.5. The van der Waals surface area contributed by atoms with E-state index in [1.54, 1.807) is 36.4 Å². The predicted octanol–water partition coefficient (Wildman–Crippen LogP) is 5.35. The highest BCUT2D eigenvalue weighted by molar-refractivity contribution is 6.11. The molecule has 7 nitrogen and oxygen atoms in total. The van der Waals surface area contributed by atoms with Gasteiger partial charge in [-0.2, -0.15) is 0 Å². The highest BCUT2D eigenvalue weighted by Crippen LogP contribution is 2.32. The fourth-order valence-corrected chi connectivity index (χ4v) is 3.72. The summed E-state index contributed by atoms with van der Waals surface area (Å²) in [6.07, 6.45) is 4.24. The van der Waals surface area contributed by atoms with Crippen LogP contribution in [0.1, 0.15) is 34.6 Å². The summed E-state index contributed by atoms with van der Waals surface area (Å²) in [5, 5.41) is 2.81. The zero-order valence-electron chi connectivity index (χ0n) is 19.9. The van der Waals surface area contributed by atoms with E-state index in [0.29, 0.717) is 29.3 Å².